The number of amides is 1. The molecule has 1 aromatic heterocycles. The summed E-state index contributed by atoms with van der Waals surface area (Å²) < 4.78 is 0. The Morgan fingerprint density at radius 3 is 3.00 bits per heavy atom. The van der Waals surface area contributed by atoms with Gasteiger partial charge >= 0.3 is 0 Å². The molecule has 0 fully saturated rings. The number of aliphatic hydroxyl groups is 1. The van der Waals surface area contributed by atoms with E-state index < -0.39 is 0 Å². The van der Waals surface area contributed by atoms with Gasteiger partial charge in [-0.05, 0) is 6.42 Å². The number of carbonyl (C=O) groups excluding carboxylic acids is 1. The number of aliphatic hydroxyl groups excluding tert-OH is 1. The molecule has 1 aromatic rings. The molecule has 0 spiro atoms. The standard InChI is InChI=1S/C10H15N3O2/c1-2-3-8-6-11-7-9(13-8)10(15)12-4-5-14/h6-7,14H,2-5H2,1H3,(H,12,15). The molecule has 0 atom stereocenters. The molecule has 0 unspecified atom stereocenters. The van der Waals surface area contributed by atoms with Gasteiger partial charge < -0.3 is 10.4 Å². The minimum Gasteiger partial charge on any atom is -0.395 e. The lowest BCUT2D eigenvalue weighted by molar-refractivity contribution is 0.0939. The Hall–Kier alpha value is -1.49. The lowest BCUT2D eigenvalue weighted by atomic mass is 10.2. The van der Waals surface area contributed by atoms with E-state index in [1.54, 1.807) is 6.20 Å². The molecule has 1 rings (SSSR count). The van der Waals surface area contributed by atoms with E-state index in [2.05, 4.69) is 15.3 Å². The monoisotopic (exact) mass is 209 g/mol. The molecular formula is C10H15N3O2. The van der Waals surface area contributed by atoms with Gasteiger partial charge in [0, 0.05) is 12.7 Å². The molecule has 2 N–H and O–H groups in total. The van der Waals surface area contributed by atoms with E-state index >= 15 is 0 Å². The second-order valence-electron chi connectivity index (χ2n) is 3.13. The van der Waals surface area contributed by atoms with Crippen LogP contribution in [0.5, 0.6) is 0 Å². The molecule has 5 nitrogen and oxygen atoms in total. The van der Waals surface area contributed by atoms with Crippen molar-refractivity contribution >= 4 is 5.91 Å². The second kappa shape index (κ2) is 6.08. The van der Waals surface area contributed by atoms with Gasteiger partial charge in [0.25, 0.3) is 5.91 Å². The van der Waals surface area contributed by atoms with Crippen LogP contribution >= 0.6 is 0 Å². The van der Waals surface area contributed by atoms with Crippen molar-refractivity contribution in [3.63, 3.8) is 0 Å². The van der Waals surface area contributed by atoms with Crippen LogP contribution in [0, 0.1) is 0 Å². The predicted octanol–water partition coefficient (Wildman–Crippen LogP) is 0.151. The fourth-order valence-corrected chi connectivity index (χ4v) is 1.15. The maximum atomic E-state index is 11.4. The van der Waals surface area contributed by atoms with Gasteiger partial charge in [-0.15, -0.1) is 0 Å². The highest BCUT2D eigenvalue weighted by Crippen LogP contribution is 1.99. The predicted molar refractivity (Wildman–Crippen MR) is 55.4 cm³/mol. The Morgan fingerprint density at radius 1 is 1.53 bits per heavy atom. The Morgan fingerprint density at radius 2 is 2.33 bits per heavy atom. The first-order valence-electron chi connectivity index (χ1n) is 4.98. The normalized spacial score (nSPS) is 10.0. The highest BCUT2D eigenvalue weighted by molar-refractivity contribution is 5.91. The first-order chi connectivity index (χ1) is 7.27. The van der Waals surface area contributed by atoms with Gasteiger partial charge in [0.15, 0.2) is 0 Å². The van der Waals surface area contributed by atoms with Gasteiger partial charge in [-0.2, -0.15) is 0 Å². The lowest BCUT2D eigenvalue weighted by Crippen LogP contribution is -2.27. The summed E-state index contributed by atoms with van der Waals surface area (Å²) in [6, 6.07) is 0. The van der Waals surface area contributed by atoms with E-state index in [9.17, 15) is 4.79 Å². The van der Waals surface area contributed by atoms with Gasteiger partial charge in [-0.25, -0.2) is 4.98 Å². The van der Waals surface area contributed by atoms with Crippen LogP contribution in [0.15, 0.2) is 12.4 Å². The van der Waals surface area contributed by atoms with Crippen LogP contribution in [0.25, 0.3) is 0 Å². The molecule has 5 heteroatoms. The van der Waals surface area contributed by atoms with Crippen LogP contribution in [-0.4, -0.2) is 34.1 Å². The summed E-state index contributed by atoms with van der Waals surface area (Å²) in [5, 5.41) is 11.1. The van der Waals surface area contributed by atoms with Crippen molar-refractivity contribution in [1.29, 1.82) is 0 Å². The van der Waals surface area contributed by atoms with E-state index in [-0.39, 0.29) is 19.1 Å². The number of nitrogens with one attached hydrogen (secondary N) is 1. The Kier molecular flexibility index (Phi) is 4.70. The number of aryl methyl sites for hydroxylation is 1. The third-order valence-electron chi connectivity index (χ3n) is 1.82. The van der Waals surface area contributed by atoms with Gasteiger partial charge in [0.05, 0.1) is 18.5 Å². The summed E-state index contributed by atoms with van der Waals surface area (Å²) in [5.41, 5.74) is 1.11. The highest BCUT2D eigenvalue weighted by Gasteiger charge is 2.07. The lowest BCUT2D eigenvalue weighted by Gasteiger charge is -2.03. The highest BCUT2D eigenvalue weighted by atomic mass is 16.3. The van der Waals surface area contributed by atoms with Gasteiger partial charge in [0.2, 0.25) is 0 Å². The Labute approximate surface area is 88.6 Å². The molecule has 0 saturated heterocycles. The third-order valence-corrected chi connectivity index (χ3v) is 1.82. The van der Waals surface area contributed by atoms with Crippen LogP contribution in [0.1, 0.15) is 29.5 Å². The van der Waals surface area contributed by atoms with E-state index in [0.29, 0.717) is 5.69 Å². The van der Waals surface area contributed by atoms with Crippen LogP contribution in [0.3, 0.4) is 0 Å². The van der Waals surface area contributed by atoms with Crippen LogP contribution in [0.2, 0.25) is 0 Å². The second-order valence-corrected chi connectivity index (χ2v) is 3.13. The zero-order valence-electron chi connectivity index (χ0n) is 8.73. The Balaban J connectivity index is 2.67. The third kappa shape index (κ3) is 3.63. The van der Waals surface area contributed by atoms with E-state index in [1.807, 2.05) is 6.92 Å². The number of hydrogen-bond donors (Lipinski definition) is 2. The molecule has 0 aliphatic heterocycles. The maximum absolute atomic E-state index is 11.4. The van der Waals surface area contributed by atoms with E-state index in [0.717, 1.165) is 18.5 Å². The quantitative estimate of drug-likeness (QED) is 0.724. The minimum atomic E-state index is -0.297. The molecular weight excluding hydrogens is 194 g/mol. The van der Waals surface area contributed by atoms with Crippen LogP contribution in [0.4, 0.5) is 0 Å². The fraction of sp³-hybridized carbons (Fsp3) is 0.500. The number of hydrogen-bond acceptors (Lipinski definition) is 4. The van der Waals surface area contributed by atoms with E-state index in [1.165, 1.54) is 6.20 Å². The van der Waals surface area contributed by atoms with Gasteiger partial charge in [-0.3, -0.25) is 9.78 Å². The fourth-order valence-electron chi connectivity index (χ4n) is 1.15. The van der Waals surface area contributed by atoms with Crippen molar-refractivity contribution in [3.8, 4) is 0 Å². The Bertz CT molecular complexity index is 328. The molecule has 0 aromatic carbocycles. The van der Waals surface area contributed by atoms with E-state index in [4.69, 9.17) is 5.11 Å². The summed E-state index contributed by atoms with van der Waals surface area (Å²) in [6.07, 6.45) is 4.86. The largest absolute Gasteiger partial charge is 0.395 e. The molecule has 15 heavy (non-hydrogen) atoms. The molecule has 0 saturated carbocycles. The molecule has 1 heterocycles. The van der Waals surface area contributed by atoms with Crippen molar-refractivity contribution in [1.82, 2.24) is 15.3 Å². The van der Waals surface area contributed by atoms with Crippen LogP contribution in [-0.2, 0) is 6.42 Å². The first kappa shape index (κ1) is 11.6. The molecule has 0 bridgehead atoms. The van der Waals surface area contributed by atoms with Crippen molar-refractivity contribution < 1.29 is 9.90 Å². The molecule has 0 radical (unpaired) electrons. The van der Waals surface area contributed by atoms with Gasteiger partial charge in [-0.1, -0.05) is 13.3 Å². The molecule has 0 aliphatic rings. The van der Waals surface area contributed by atoms with Crippen molar-refractivity contribution in [3.05, 3.63) is 23.8 Å². The van der Waals surface area contributed by atoms with Crippen LogP contribution < -0.4 is 5.32 Å². The topological polar surface area (TPSA) is 75.1 Å². The number of aromatic nitrogens is 2. The van der Waals surface area contributed by atoms with Crippen molar-refractivity contribution in [2.24, 2.45) is 0 Å². The zero-order chi connectivity index (χ0) is 11.1. The average Bonchev–Trinajstić information content (AvgIpc) is 2.27. The van der Waals surface area contributed by atoms with Gasteiger partial charge in [0.1, 0.15) is 5.69 Å². The summed E-state index contributed by atoms with van der Waals surface area (Å²) >= 11 is 0. The SMILES string of the molecule is CCCc1cncc(C(=O)NCCO)n1. The maximum Gasteiger partial charge on any atom is 0.271 e. The first-order valence-corrected chi connectivity index (χ1v) is 4.98. The zero-order valence-corrected chi connectivity index (χ0v) is 8.73. The molecule has 0 aliphatic carbocycles. The average molecular weight is 209 g/mol. The van der Waals surface area contributed by atoms with Crippen molar-refractivity contribution in [2.45, 2.75) is 19.8 Å². The summed E-state index contributed by atoms with van der Waals surface area (Å²) in [5.74, 6) is -0.297. The number of rotatable bonds is 5. The summed E-state index contributed by atoms with van der Waals surface area (Å²) in [7, 11) is 0. The minimum absolute atomic E-state index is 0.0756. The number of carbonyl (C=O) groups is 1. The summed E-state index contributed by atoms with van der Waals surface area (Å²) in [6.45, 7) is 2.20. The van der Waals surface area contributed by atoms with Crippen molar-refractivity contribution in [2.75, 3.05) is 13.2 Å². The summed E-state index contributed by atoms with van der Waals surface area (Å²) in [4.78, 5) is 19.5. The number of nitrogens with zero attached hydrogens (tertiary/aromatic N) is 2. The molecule has 1 amide bonds. The smallest absolute Gasteiger partial charge is 0.271 e. The molecule has 82 valence electrons.